The molecule has 174 valence electrons. The first kappa shape index (κ1) is 22.1. The van der Waals surface area contributed by atoms with Crippen LogP contribution in [0.3, 0.4) is 0 Å². The molecule has 2 aromatic heterocycles. The Balaban J connectivity index is 1.54. The molecule has 0 unspecified atom stereocenters. The number of nitrogens with zero attached hydrogens (tertiary/aromatic N) is 4. The monoisotopic (exact) mass is 480 g/mol. The quantitative estimate of drug-likeness (QED) is 0.414. The van der Waals surface area contributed by atoms with Crippen LogP contribution in [0.1, 0.15) is 0 Å². The zero-order chi connectivity index (χ0) is 23.8. The van der Waals surface area contributed by atoms with Crippen LogP contribution in [-0.2, 0) is 7.05 Å². The molecule has 1 saturated heterocycles. The molecule has 2 aromatic carbocycles. The van der Waals surface area contributed by atoms with E-state index in [0.717, 1.165) is 32.0 Å². The maximum Gasteiger partial charge on any atom is 0.343 e. The van der Waals surface area contributed by atoms with Gasteiger partial charge in [0.25, 0.3) is 0 Å². The molecule has 0 radical (unpaired) electrons. The number of H-pyrrole nitrogens is 1. The first-order valence-electron chi connectivity index (χ1n) is 10.8. The van der Waals surface area contributed by atoms with E-state index in [9.17, 15) is 14.3 Å². The fourth-order valence-electron chi connectivity index (χ4n) is 4.09. The Kier molecular flexibility index (Phi) is 5.80. The highest BCUT2D eigenvalue weighted by molar-refractivity contribution is 6.33. The predicted octanol–water partition coefficient (Wildman–Crippen LogP) is 3.41. The SMILES string of the molecule is Cn1nc(-c2ccc(-c3cc(F)cc(-c4ccnc(N5CCNCC5)c4)c3O)cc2Cl)[nH]c1=O. The van der Waals surface area contributed by atoms with E-state index in [0.29, 0.717) is 38.7 Å². The lowest BCUT2D eigenvalue weighted by Crippen LogP contribution is -2.43. The number of aromatic hydroxyl groups is 1. The molecule has 1 fully saturated rings. The van der Waals surface area contributed by atoms with Crippen LogP contribution < -0.4 is 15.9 Å². The zero-order valence-corrected chi connectivity index (χ0v) is 19.1. The molecule has 1 aliphatic heterocycles. The van der Waals surface area contributed by atoms with Crippen molar-refractivity contribution in [1.82, 2.24) is 25.1 Å². The average molecular weight is 481 g/mol. The van der Waals surface area contributed by atoms with Gasteiger partial charge < -0.3 is 15.3 Å². The molecule has 34 heavy (non-hydrogen) atoms. The molecular formula is C24H22ClFN6O2. The van der Waals surface area contributed by atoms with E-state index in [1.165, 1.54) is 23.9 Å². The van der Waals surface area contributed by atoms with Crippen molar-refractivity contribution in [2.75, 3.05) is 31.1 Å². The number of nitrogens with one attached hydrogen (secondary N) is 2. The fourth-order valence-corrected chi connectivity index (χ4v) is 4.36. The van der Waals surface area contributed by atoms with E-state index in [2.05, 4.69) is 25.3 Å². The van der Waals surface area contributed by atoms with E-state index in [1.807, 2.05) is 6.07 Å². The summed E-state index contributed by atoms with van der Waals surface area (Å²) < 4.78 is 15.9. The number of halogens is 2. The van der Waals surface area contributed by atoms with Gasteiger partial charge in [0.2, 0.25) is 0 Å². The summed E-state index contributed by atoms with van der Waals surface area (Å²) in [5.41, 5.74) is 2.02. The second-order valence-electron chi connectivity index (χ2n) is 8.09. The zero-order valence-electron chi connectivity index (χ0n) is 18.3. The van der Waals surface area contributed by atoms with E-state index in [4.69, 9.17) is 11.6 Å². The van der Waals surface area contributed by atoms with Gasteiger partial charge in [0.05, 0.1) is 5.02 Å². The number of hydrogen-bond donors (Lipinski definition) is 3. The lowest BCUT2D eigenvalue weighted by molar-refractivity contribution is 0.477. The smallest absolute Gasteiger partial charge is 0.343 e. The van der Waals surface area contributed by atoms with E-state index in [-0.39, 0.29) is 11.4 Å². The molecule has 8 nitrogen and oxygen atoms in total. The normalized spacial score (nSPS) is 13.9. The number of aryl methyl sites for hydroxylation is 1. The molecule has 0 spiro atoms. The van der Waals surface area contributed by atoms with Crippen molar-refractivity contribution in [3.05, 3.63) is 70.0 Å². The summed E-state index contributed by atoms with van der Waals surface area (Å²) in [6.07, 6.45) is 1.66. The van der Waals surface area contributed by atoms with Crippen molar-refractivity contribution in [1.29, 1.82) is 0 Å². The van der Waals surface area contributed by atoms with Crippen molar-refractivity contribution in [2.24, 2.45) is 7.05 Å². The first-order valence-corrected chi connectivity index (χ1v) is 11.2. The summed E-state index contributed by atoms with van der Waals surface area (Å²) in [4.78, 5) is 20.9. The lowest BCUT2D eigenvalue weighted by atomic mass is 9.96. The van der Waals surface area contributed by atoms with E-state index >= 15 is 0 Å². The summed E-state index contributed by atoms with van der Waals surface area (Å²) in [5, 5.41) is 18.8. The van der Waals surface area contributed by atoms with Gasteiger partial charge in [-0.2, -0.15) is 5.10 Å². The standard InChI is InChI=1S/C24H22ClFN6O2/c1-31-24(34)29-23(30-31)17-3-2-14(10-20(17)25)18-12-16(26)13-19(22(18)33)15-4-5-28-21(11-15)32-8-6-27-7-9-32/h2-5,10-13,27,33H,6-9H2,1H3,(H,29,30,34). The van der Waals surface area contributed by atoms with E-state index in [1.54, 1.807) is 30.5 Å². The van der Waals surface area contributed by atoms with Crippen LogP contribution >= 0.6 is 11.6 Å². The van der Waals surface area contributed by atoms with Gasteiger partial charge in [-0.15, -0.1) is 0 Å². The number of rotatable bonds is 4. The molecular weight excluding hydrogens is 459 g/mol. The highest BCUT2D eigenvalue weighted by atomic mass is 35.5. The van der Waals surface area contributed by atoms with Gasteiger partial charge in [0.1, 0.15) is 17.4 Å². The number of anilines is 1. The third kappa shape index (κ3) is 4.15. The number of aromatic amines is 1. The molecule has 1 aliphatic rings. The summed E-state index contributed by atoms with van der Waals surface area (Å²) in [5.74, 6) is 0.554. The minimum absolute atomic E-state index is 0.0612. The van der Waals surface area contributed by atoms with Gasteiger partial charge in [0.15, 0.2) is 5.82 Å². The Labute approximate surface area is 199 Å². The van der Waals surface area contributed by atoms with E-state index < -0.39 is 5.82 Å². The molecule has 3 heterocycles. The van der Waals surface area contributed by atoms with Gasteiger partial charge in [-0.1, -0.05) is 17.7 Å². The molecule has 3 N–H and O–H groups in total. The minimum atomic E-state index is -0.488. The number of benzene rings is 2. The Hall–Kier alpha value is -3.69. The Morgan fingerprint density at radius 1 is 1.03 bits per heavy atom. The van der Waals surface area contributed by atoms with Crippen molar-refractivity contribution < 1.29 is 9.50 Å². The van der Waals surface area contributed by atoms with Crippen LogP contribution in [0.5, 0.6) is 5.75 Å². The molecule has 0 atom stereocenters. The van der Waals surface area contributed by atoms with Crippen LogP contribution in [0.2, 0.25) is 5.02 Å². The van der Waals surface area contributed by atoms with Crippen LogP contribution in [-0.4, -0.2) is 51.0 Å². The molecule has 0 aliphatic carbocycles. The Morgan fingerprint density at radius 2 is 1.74 bits per heavy atom. The van der Waals surface area contributed by atoms with Crippen LogP contribution in [0, 0.1) is 5.82 Å². The van der Waals surface area contributed by atoms with Crippen LogP contribution in [0.15, 0.2) is 53.5 Å². The number of aromatic nitrogens is 4. The van der Waals surface area contributed by atoms with Gasteiger partial charge in [-0.05, 0) is 47.5 Å². The average Bonchev–Trinajstić information content (AvgIpc) is 3.18. The third-order valence-corrected chi connectivity index (χ3v) is 6.19. The highest BCUT2D eigenvalue weighted by Gasteiger charge is 2.18. The van der Waals surface area contributed by atoms with Crippen molar-refractivity contribution in [3.63, 3.8) is 0 Å². The topological polar surface area (TPSA) is 99.1 Å². The number of phenols is 1. The lowest BCUT2D eigenvalue weighted by Gasteiger charge is -2.28. The molecule has 4 aromatic rings. The second-order valence-corrected chi connectivity index (χ2v) is 8.49. The number of piperazine rings is 1. The number of phenolic OH excluding ortho intramolecular Hbond substituents is 1. The van der Waals surface area contributed by atoms with Crippen LogP contribution in [0.4, 0.5) is 10.2 Å². The minimum Gasteiger partial charge on any atom is -0.507 e. The summed E-state index contributed by atoms with van der Waals surface area (Å²) in [7, 11) is 1.53. The van der Waals surface area contributed by atoms with Gasteiger partial charge in [0, 0.05) is 56.1 Å². The molecule has 0 bridgehead atoms. The van der Waals surface area contributed by atoms with Crippen molar-refractivity contribution in [3.8, 4) is 39.4 Å². The Morgan fingerprint density at radius 3 is 2.38 bits per heavy atom. The number of hydrogen-bond acceptors (Lipinski definition) is 6. The van der Waals surface area contributed by atoms with Crippen molar-refractivity contribution in [2.45, 2.75) is 0 Å². The fraction of sp³-hybridized carbons (Fsp3) is 0.208. The Bertz CT molecular complexity index is 1430. The largest absolute Gasteiger partial charge is 0.507 e. The first-order chi connectivity index (χ1) is 16.4. The summed E-state index contributed by atoms with van der Waals surface area (Å²) >= 11 is 6.47. The highest BCUT2D eigenvalue weighted by Crippen LogP contribution is 2.41. The third-order valence-electron chi connectivity index (χ3n) is 5.88. The molecule has 10 heteroatoms. The number of pyridine rings is 1. The molecule has 5 rings (SSSR count). The summed E-state index contributed by atoms with van der Waals surface area (Å²) in [6, 6.07) is 11.2. The maximum atomic E-state index is 14.7. The van der Waals surface area contributed by atoms with Crippen molar-refractivity contribution >= 4 is 17.4 Å². The molecule has 0 saturated carbocycles. The van der Waals surface area contributed by atoms with Crippen LogP contribution in [0.25, 0.3) is 33.6 Å². The van der Waals surface area contributed by atoms with Gasteiger partial charge in [-0.3, -0.25) is 4.98 Å². The summed E-state index contributed by atoms with van der Waals surface area (Å²) in [6.45, 7) is 3.38. The predicted molar refractivity (Wildman–Crippen MR) is 130 cm³/mol. The van der Waals surface area contributed by atoms with Gasteiger partial charge >= 0.3 is 5.69 Å². The van der Waals surface area contributed by atoms with Gasteiger partial charge in [-0.25, -0.2) is 18.9 Å². The second kappa shape index (κ2) is 8.92. The molecule has 0 amide bonds. The maximum absolute atomic E-state index is 14.7.